The van der Waals surface area contributed by atoms with Crippen molar-refractivity contribution in [2.75, 3.05) is 19.7 Å². The molecule has 0 aromatic heterocycles. The molecule has 1 unspecified atom stereocenters. The Balaban J connectivity index is 2.25. The maximum absolute atomic E-state index is 11.7. The molecule has 1 amide bonds. The second-order valence-electron chi connectivity index (χ2n) is 3.84. The minimum Gasteiger partial charge on any atom is -0.504 e. The Morgan fingerprint density at radius 3 is 3.00 bits per heavy atom. The minimum absolute atomic E-state index is 0.0515. The second-order valence-corrected chi connectivity index (χ2v) is 3.84. The van der Waals surface area contributed by atoms with Crippen LogP contribution in [-0.4, -0.2) is 30.7 Å². The summed E-state index contributed by atoms with van der Waals surface area (Å²) in [5.74, 6) is 0.446. The number of amides is 1. The second kappa shape index (κ2) is 5.05. The smallest absolute Gasteiger partial charge is 0.241 e. The van der Waals surface area contributed by atoms with E-state index in [9.17, 15) is 9.90 Å². The molecular formula is C12H16N2O3. The molecule has 1 aliphatic rings. The van der Waals surface area contributed by atoms with Crippen molar-refractivity contribution >= 4 is 5.91 Å². The van der Waals surface area contributed by atoms with Gasteiger partial charge in [-0.25, -0.2) is 0 Å². The Hall–Kier alpha value is -1.75. The summed E-state index contributed by atoms with van der Waals surface area (Å²) in [4.78, 5) is 11.7. The van der Waals surface area contributed by atoms with Gasteiger partial charge in [0.15, 0.2) is 11.5 Å². The van der Waals surface area contributed by atoms with E-state index < -0.39 is 0 Å². The molecule has 5 nitrogen and oxygen atoms in total. The number of benzene rings is 1. The molecule has 92 valence electrons. The molecule has 0 aliphatic carbocycles. The lowest BCUT2D eigenvalue weighted by Gasteiger charge is -2.24. The van der Waals surface area contributed by atoms with Crippen LogP contribution in [0.5, 0.6) is 11.5 Å². The van der Waals surface area contributed by atoms with E-state index in [4.69, 9.17) is 4.74 Å². The van der Waals surface area contributed by atoms with Gasteiger partial charge in [-0.1, -0.05) is 6.07 Å². The Kier molecular flexibility index (Phi) is 3.49. The highest BCUT2D eigenvalue weighted by molar-refractivity contribution is 5.84. The zero-order valence-electron chi connectivity index (χ0n) is 9.69. The zero-order chi connectivity index (χ0) is 12.3. The van der Waals surface area contributed by atoms with Crippen LogP contribution < -0.4 is 15.4 Å². The van der Waals surface area contributed by atoms with Gasteiger partial charge in [-0.05, 0) is 24.6 Å². The molecule has 1 heterocycles. The van der Waals surface area contributed by atoms with E-state index in [1.54, 1.807) is 18.2 Å². The fourth-order valence-electron chi connectivity index (χ4n) is 1.85. The summed E-state index contributed by atoms with van der Waals surface area (Å²) in [6.07, 6.45) is 0. The first-order valence-corrected chi connectivity index (χ1v) is 5.69. The molecule has 0 bridgehead atoms. The fourth-order valence-corrected chi connectivity index (χ4v) is 1.85. The van der Waals surface area contributed by atoms with Crippen molar-refractivity contribution in [2.24, 2.45) is 0 Å². The Morgan fingerprint density at radius 2 is 2.29 bits per heavy atom. The monoisotopic (exact) mass is 236 g/mol. The van der Waals surface area contributed by atoms with Gasteiger partial charge in [0.2, 0.25) is 5.91 Å². The van der Waals surface area contributed by atoms with Gasteiger partial charge >= 0.3 is 0 Å². The van der Waals surface area contributed by atoms with Gasteiger partial charge in [-0.15, -0.1) is 0 Å². The molecule has 1 aromatic rings. The summed E-state index contributed by atoms with van der Waals surface area (Å²) >= 11 is 0. The first-order chi connectivity index (χ1) is 8.22. The quantitative estimate of drug-likeness (QED) is 0.717. The lowest BCUT2D eigenvalue weighted by atomic mass is 10.0. The molecule has 2 rings (SSSR count). The highest BCUT2D eigenvalue weighted by atomic mass is 16.5. The lowest BCUT2D eigenvalue weighted by molar-refractivity contribution is -0.124. The molecule has 1 saturated heterocycles. The minimum atomic E-state index is -0.372. The van der Waals surface area contributed by atoms with Crippen LogP contribution in [0, 0.1) is 0 Å². The van der Waals surface area contributed by atoms with Crippen molar-refractivity contribution in [3.05, 3.63) is 23.8 Å². The molecule has 1 aromatic carbocycles. The number of piperazine rings is 1. The van der Waals surface area contributed by atoms with Gasteiger partial charge in [0.25, 0.3) is 0 Å². The van der Waals surface area contributed by atoms with Gasteiger partial charge in [0.05, 0.1) is 6.61 Å². The average molecular weight is 236 g/mol. The normalized spacial score (nSPS) is 19.8. The third kappa shape index (κ3) is 2.50. The van der Waals surface area contributed by atoms with E-state index in [2.05, 4.69) is 10.6 Å². The number of ether oxygens (including phenoxy) is 1. The predicted octanol–water partition coefficient (Wildman–Crippen LogP) is 0.551. The molecule has 3 N–H and O–H groups in total. The van der Waals surface area contributed by atoms with Crippen LogP contribution in [0.2, 0.25) is 0 Å². The van der Waals surface area contributed by atoms with Gasteiger partial charge < -0.3 is 20.5 Å². The van der Waals surface area contributed by atoms with Gasteiger partial charge in [0.1, 0.15) is 6.04 Å². The molecular weight excluding hydrogens is 220 g/mol. The van der Waals surface area contributed by atoms with E-state index in [-0.39, 0.29) is 17.7 Å². The Morgan fingerprint density at radius 1 is 1.47 bits per heavy atom. The first-order valence-electron chi connectivity index (χ1n) is 5.69. The predicted molar refractivity (Wildman–Crippen MR) is 63.0 cm³/mol. The van der Waals surface area contributed by atoms with Crippen LogP contribution in [0.1, 0.15) is 18.5 Å². The van der Waals surface area contributed by atoms with Crippen molar-refractivity contribution in [3.63, 3.8) is 0 Å². The number of hydrogen-bond acceptors (Lipinski definition) is 4. The molecule has 1 fully saturated rings. The number of aromatic hydroxyl groups is 1. The van der Waals surface area contributed by atoms with Crippen LogP contribution >= 0.6 is 0 Å². The van der Waals surface area contributed by atoms with Gasteiger partial charge in [-0.2, -0.15) is 0 Å². The Labute approximate surface area is 99.8 Å². The molecule has 1 atom stereocenters. The Bertz CT molecular complexity index is 420. The van der Waals surface area contributed by atoms with Gasteiger partial charge in [0, 0.05) is 13.1 Å². The summed E-state index contributed by atoms with van der Waals surface area (Å²) in [5.41, 5.74) is 0.795. The van der Waals surface area contributed by atoms with E-state index >= 15 is 0 Å². The largest absolute Gasteiger partial charge is 0.504 e. The summed E-state index contributed by atoms with van der Waals surface area (Å²) in [6.45, 7) is 3.70. The van der Waals surface area contributed by atoms with E-state index in [1.807, 2.05) is 6.92 Å². The van der Waals surface area contributed by atoms with Crippen LogP contribution in [0.4, 0.5) is 0 Å². The molecule has 0 radical (unpaired) electrons. The fraction of sp³-hybridized carbons (Fsp3) is 0.417. The summed E-state index contributed by atoms with van der Waals surface area (Å²) in [7, 11) is 0. The average Bonchev–Trinajstić information content (AvgIpc) is 2.33. The van der Waals surface area contributed by atoms with Crippen molar-refractivity contribution < 1.29 is 14.6 Å². The first kappa shape index (κ1) is 11.7. The van der Waals surface area contributed by atoms with E-state index in [0.717, 1.165) is 12.1 Å². The number of nitrogens with one attached hydrogen (secondary N) is 2. The molecule has 5 heteroatoms. The number of hydrogen-bond donors (Lipinski definition) is 3. The third-order valence-corrected chi connectivity index (χ3v) is 2.65. The highest BCUT2D eigenvalue weighted by Crippen LogP contribution is 2.29. The van der Waals surface area contributed by atoms with Crippen LogP contribution in [0.3, 0.4) is 0 Å². The van der Waals surface area contributed by atoms with E-state index in [1.165, 1.54) is 0 Å². The zero-order valence-corrected chi connectivity index (χ0v) is 9.69. The van der Waals surface area contributed by atoms with Crippen LogP contribution in [-0.2, 0) is 4.79 Å². The lowest BCUT2D eigenvalue weighted by Crippen LogP contribution is -2.47. The molecule has 17 heavy (non-hydrogen) atoms. The number of phenols is 1. The number of phenolic OH excluding ortho intramolecular Hbond substituents is 1. The third-order valence-electron chi connectivity index (χ3n) is 2.65. The summed E-state index contributed by atoms with van der Waals surface area (Å²) in [5, 5.41) is 15.5. The highest BCUT2D eigenvalue weighted by Gasteiger charge is 2.23. The number of carbonyl (C=O) groups is 1. The van der Waals surface area contributed by atoms with Crippen molar-refractivity contribution in [3.8, 4) is 11.5 Å². The van der Waals surface area contributed by atoms with Crippen molar-refractivity contribution in [2.45, 2.75) is 13.0 Å². The number of carbonyl (C=O) groups excluding carboxylic acids is 1. The topological polar surface area (TPSA) is 70.6 Å². The van der Waals surface area contributed by atoms with Gasteiger partial charge in [-0.3, -0.25) is 4.79 Å². The maximum atomic E-state index is 11.7. The summed E-state index contributed by atoms with van der Waals surface area (Å²) in [6, 6.07) is 4.59. The number of rotatable bonds is 3. The molecule has 1 aliphatic heterocycles. The molecule has 0 saturated carbocycles. The SMILES string of the molecule is CCOc1cc(C2NCCNC2=O)ccc1O. The van der Waals surface area contributed by atoms with Crippen LogP contribution in [0.25, 0.3) is 0 Å². The molecule has 0 spiro atoms. The summed E-state index contributed by atoms with van der Waals surface area (Å²) < 4.78 is 5.29. The van der Waals surface area contributed by atoms with Crippen LogP contribution in [0.15, 0.2) is 18.2 Å². The van der Waals surface area contributed by atoms with Crippen molar-refractivity contribution in [1.29, 1.82) is 0 Å². The standard InChI is InChI=1S/C12H16N2O3/c1-2-17-10-7-8(3-4-9(10)15)11-12(16)14-6-5-13-11/h3-4,7,11,13,15H,2,5-6H2,1H3,(H,14,16). The van der Waals surface area contributed by atoms with E-state index in [0.29, 0.717) is 18.9 Å². The van der Waals surface area contributed by atoms with Crippen molar-refractivity contribution in [1.82, 2.24) is 10.6 Å². The maximum Gasteiger partial charge on any atom is 0.241 e.